The third kappa shape index (κ3) is 2.26. The number of carbonyl (C=O) groups excluding carboxylic acids is 1. The van der Waals surface area contributed by atoms with Crippen molar-refractivity contribution < 1.29 is 4.79 Å². The Hall–Kier alpha value is -1.39. The Morgan fingerprint density at radius 2 is 1.95 bits per heavy atom. The Kier molecular flexibility index (Phi) is 3.29. The summed E-state index contributed by atoms with van der Waals surface area (Å²) in [7, 11) is 0. The molecule has 1 saturated carbocycles. The van der Waals surface area contributed by atoms with Gasteiger partial charge in [-0.25, -0.2) is 0 Å². The highest BCUT2D eigenvalue weighted by Gasteiger charge is 2.43. The van der Waals surface area contributed by atoms with Crippen molar-refractivity contribution in [1.29, 1.82) is 0 Å². The van der Waals surface area contributed by atoms with Crippen LogP contribution >= 0.6 is 0 Å². The molecule has 0 aromatic heterocycles. The van der Waals surface area contributed by atoms with Crippen LogP contribution in [-0.2, 0) is 4.79 Å². The van der Waals surface area contributed by atoms with Crippen LogP contribution in [0, 0.1) is 11.8 Å². The van der Waals surface area contributed by atoms with Gasteiger partial charge in [0.05, 0.1) is 0 Å². The van der Waals surface area contributed by atoms with Crippen molar-refractivity contribution in [1.82, 2.24) is 4.90 Å². The molecule has 19 heavy (non-hydrogen) atoms. The van der Waals surface area contributed by atoms with Crippen LogP contribution in [0.25, 0.3) is 0 Å². The highest BCUT2D eigenvalue weighted by molar-refractivity contribution is 5.83. The number of nitrogens with zero attached hydrogens (tertiary/aromatic N) is 1. The number of rotatable bonds is 2. The maximum atomic E-state index is 12.4. The molecular weight excluding hydrogens is 238 g/mol. The molecule has 4 heteroatoms. The van der Waals surface area contributed by atoms with Gasteiger partial charge >= 0.3 is 0 Å². The Bertz CT molecular complexity index is 462. The highest BCUT2D eigenvalue weighted by atomic mass is 16.2. The van der Waals surface area contributed by atoms with Crippen molar-refractivity contribution >= 4 is 5.91 Å². The Balaban J connectivity index is 1.69. The third-order valence-corrected chi connectivity index (χ3v) is 4.65. The van der Waals surface area contributed by atoms with Crippen LogP contribution in [-0.4, -0.2) is 29.9 Å². The minimum absolute atomic E-state index is 0.0350. The van der Waals surface area contributed by atoms with E-state index in [0.29, 0.717) is 11.8 Å². The number of hydrogen-bond acceptors (Lipinski definition) is 3. The van der Waals surface area contributed by atoms with Crippen molar-refractivity contribution in [3.63, 3.8) is 0 Å². The quantitative estimate of drug-likeness (QED) is 0.828. The molecule has 1 aliphatic carbocycles. The Morgan fingerprint density at radius 1 is 1.21 bits per heavy atom. The monoisotopic (exact) mass is 259 g/mol. The summed E-state index contributed by atoms with van der Waals surface area (Å²) < 4.78 is 0. The predicted octanol–water partition coefficient (Wildman–Crippen LogP) is 0.882. The SMILES string of the molecule is NC(C(=O)N1CC2CCC(N)C2C1)c1ccccc1. The van der Waals surface area contributed by atoms with Gasteiger partial charge in [-0.05, 0) is 30.2 Å². The predicted molar refractivity (Wildman–Crippen MR) is 74.1 cm³/mol. The first kappa shape index (κ1) is 12.6. The Morgan fingerprint density at radius 3 is 2.63 bits per heavy atom. The topological polar surface area (TPSA) is 72.4 Å². The zero-order chi connectivity index (χ0) is 13.4. The van der Waals surface area contributed by atoms with Crippen LogP contribution in [0.1, 0.15) is 24.4 Å². The van der Waals surface area contributed by atoms with Gasteiger partial charge in [0.1, 0.15) is 6.04 Å². The van der Waals surface area contributed by atoms with Crippen LogP contribution in [0.4, 0.5) is 0 Å². The number of benzene rings is 1. The van der Waals surface area contributed by atoms with Gasteiger partial charge < -0.3 is 16.4 Å². The van der Waals surface area contributed by atoms with Gasteiger partial charge in [-0.1, -0.05) is 30.3 Å². The summed E-state index contributed by atoms with van der Waals surface area (Å²) in [6.45, 7) is 1.61. The molecule has 3 rings (SSSR count). The number of nitrogens with two attached hydrogens (primary N) is 2. The van der Waals surface area contributed by atoms with Gasteiger partial charge in [0.15, 0.2) is 0 Å². The third-order valence-electron chi connectivity index (χ3n) is 4.65. The minimum Gasteiger partial charge on any atom is -0.340 e. The fourth-order valence-electron chi connectivity index (χ4n) is 3.49. The van der Waals surface area contributed by atoms with Crippen LogP contribution in [0.3, 0.4) is 0 Å². The largest absolute Gasteiger partial charge is 0.340 e. The molecule has 1 heterocycles. The molecule has 4 unspecified atom stereocenters. The van der Waals surface area contributed by atoms with Crippen LogP contribution in [0.15, 0.2) is 30.3 Å². The smallest absolute Gasteiger partial charge is 0.244 e. The second-order valence-electron chi connectivity index (χ2n) is 5.80. The average molecular weight is 259 g/mol. The lowest BCUT2D eigenvalue weighted by molar-refractivity contribution is -0.132. The van der Waals surface area contributed by atoms with E-state index in [9.17, 15) is 4.79 Å². The normalized spacial score (nSPS) is 31.3. The van der Waals surface area contributed by atoms with Crippen LogP contribution in [0.2, 0.25) is 0 Å². The number of amides is 1. The Labute approximate surface area is 113 Å². The molecule has 4 N–H and O–H groups in total. The molecule has 0 radical (unpaired) electrons. The van der Waals surface area contributed by atoms with Crippen molar-refractivity contribution in [2.45, 2.75) is 24.9 Å². The first-order chi connectivity index (χ1) is 9.16. The highest BCUT2D eigenvalue weighted by Crippen LogP contribution is 2.37. The number of hydrogen-bond donors (Lipinski definition) is 2. The first-order valence-electron chi connectivity index (χ1n) is 7.01. The molecule has 1 amide bonds. The van der Waals surface area contributed by atoms with E-state index in [0.717, 1.165) is 31.5 Å². The maximum absolute atomic E-state index is 12.4. The van der Waals surface area contributed by atoms with Gasteiger partial charge in [0.25, 0.3) is 0 Å². The molecule has 0 bridgehead atoms. The zero-order valence-corrected chi connectivity index (χ0v) is 11.0. The summed E-state index contributed by atoms with van der Waals surface area (Å²) >= 11 is 0. The van der Waals surface area contributed by atoms with E-state index in [4.69, 9.17) is 11.5 Å². The summed E-state index contributed by atoms with van der Waals surface area (Å²) in [4.78, 5) is 14.4. The lowest BCUT2D eigenvalue weighted by Gasteiger charge is -2.22. The van der Waals surface area contributed by atoms with Gasteiger partial charge in [-0.3, -0.25) is 4.79 Å². The van der Waals surface area contributed by atoms with E-state index in [-0.39, 0.29) is 11.9 Å². The van der Waals surface area contributed by atoms with E-state index >= 15 is 0 Å². The molecule has 1 aromatic carbocycles. The summed E-state index contributed by atoms with van der Waals surface area (Å²) in [5, 5.41) is 0. The van der Waals surface area contributed by atoms with Crippen molar-refractivity contribution in [3.8, 4) is 0 Å². The van der Waals surface area contributed by atoms with E-state index in [1.54, 1.807) is 0 Å². The van der Waals surface area contributed by atoms with Crippen LogP contribution < -0.4 is 11.5 Å². The van der Waals surface area contributed by atoms with E-state index in [2.05, 4.69) is 0 Å². The summed E-state index contributed by atoms with van der Waals surface area (Å²) in [5.74, 6) is 1.10. The first-order valence-corrected chi connectivity index (χ1v) is 7.01. The molecule has 2 fully saturated rings. The molecule has 2 aliphatic rings. The van der Waals surface area contributed by atoms with E-state index in [1.807, 2.05) is 35.2 Å². The molecule has 0 spiro atoms. The number of likely N-dealkylation sites (tertiary alicyclic amines) is 1. The molecule has 4 atom stereocenters. The molecule has 1 aliphatic heterocycles. The molecule has 1 aromatic rings. The second kappa shape index (κ2) is 4.94. The van der Waals surface area contributed by atoms with Gasteiger partial charge in [-0.2, -0.15) is 0 Å². The lowest BCUT2D eigenvalue weighted by Crippen LogP contribution is -2.39. The minimum atomic E-state index is -0.545. The van der Waals surface area contributed by atoms with Gasteiger partial charge in [0.2, 0.25) is 5.91 Å². The van der Waals surface area contributed by atoms with Crippen molar-refractivity contribution in [2.75, 3.05) is 13.1 Å². The van der Waals surface area contributed by atoms with Crippen LogP contribution in [0.5, 0.6) is 0 Å². The molecule has 102 valence electrons. The molecular formula is C15H21N3O. The molecule has 1 saturated heterocycles. The lowest BCUT2D eigenvalue weighted by atomic mass is 9.98. The number of fused-ring (bicyclic) bond motifs is 1. The van der Waals surface area contributed by atoms with Crippen molar-refractivity contribution in [2.24, 2.45) is 23.3 Å². The fourth-order valence-corrected chi connectivity index (χ4v) is 3.49. The van der Waals surface area contributed by atoms with Gasteiger partial charge in [-0.15, -0.1) is 0 Å². The van der Waals surface area contributed by atoms with E-state index < -0.39 is 6.04 Å². The van der Waals surface area contributed by atoms with Crippen molar-refractivity contribution in [3.05, 3.63) is 35.9 Å². The molecule has 4 nitrogen and oxygen atoms in total. The van der Waals surface area contributed by atoms with E-state index in [1.165, 1.54) is 0 Å². The zero-order valence-electron chi connectivity index (χ0n) is 11.0. The average Bonchev–Trinajstić information content (AvgIpc) is 3.01. The second-order valence-corrected chi connectivity index (χ2v) is 5.80. The summed E-state index contributed by atoms with van der Waals surface area (Å²) in [6.07, 6.45) is 2.25. The fraction of sp³-hybridized carbons (Fsp3) is 0.533. The summed E-state index contributed by atoms with van der Waals surface area (Å²) in [6, 6.07) is 9.29. The number of carbonyl (C=O) groups is 1. The summed E-state index contributed by atoms with van der Waals surface area (Å²) in [5.41, 5.74) is 13.1. The van der Waals surface area contributed by atoms with Gasteiger partial charge in [0, 0.05) is 19.1 Å². The standard InChI is InChI=1S/C15H21N3O/c16-13-7-6-11-8-18(9-12(11)13)15(19)14(17)10-4-2-1-3-5-10/h1-5,11-14H,6-9,16-17H2. The maximum Gasteiger partial charge on any atom is 0.244 e.